The first-order chi connectivity index (χ1) is 9.69. The number of nitrogens with zero attached hydrogens (tertiary/aromatic N) is 2. The molecule has 114 valence electrons. The third-order valence-electron chi connectivity index (χ3n) is 3.67. The normalized spacial score (nSPS) is 23.1. The zero-order chi connectivity index (χ0) is 15.8. The number of benzene rings is 1. The van der Waals surface area contributed by atoms with E-state index >= 15 is 0 Å². The second kappa shape index (κ2) is 5.08. The van der Waals surface area contributed by atoms with Crippen molar-refractivity contribution in [3.63, 3.8) is 0 Å². The van der Waals surface area contributed by atoms with Crippen LogP contribution in [0.4, 0.5) is 5.69 Å². The minimum absolute atomic E-state index is 0.113. The third-order valence-corrected chi connectivity index (χ3v) is 5.71. The van der Waals surface area contributed by atoms with E-state index in [4.69, 9.17) is 0 Å². The van der Waals surface area contributed by atoms with Gasteiger partial charge in [-0.05, 0) is 31.9 Å². The van der Waals surface area contributed by atoms with Crippen LogP contribution in [-0.4, -0.2) is 40.8 Å². The molecule has 8 nitrogen and oxygen atoms in total. The number of hydrogen-bond donors (Lipinski definition) is 1. The number of sulfonamides is 1. The zero-order valence-corrected chi connectivity index (χ0v) is 12.0. The van der Waals surface area contributed by atoms with Crippen molar-refractivity contribution >= 4 is 21.7 Å². The molecule has 1 saturated heterocycles. The number of hydrogen-bond acceptors (Lipinski definition) is 5. The van der Waals surface area contributed by atoms with Crippen LogP contribution in [0.3, 0.4) is 0 Å². The Balaban J connectivity index is 2.42. The number of carbonyl (C=O) groups is 1. The molecule has 1 aliphatic heterocycles. The van der Waals surface area contributed by atoms with Gasteiger partial charge in [0.25, 0.3) is 5.69 Å². The molecule has 1 fully saturated rings. The lowest BCUT2D eigenvalue weighted by atomic mass is 10.0. The van der Waals surface area contributed by atoms with Gasteiger partial charge in [-0.2, -0.15) is 4.31 Å². The standard InChI is InChI=1S/C12H14N2O6S/c1-12(11(15)16)7-2-8-13(12)21(19,20)10-5-3-9(4-6-10)14(17)18/h3-6H,2,7-8H2,1H3,(H,15,16). The smallest absolute Gasteiger partial charge is 0.324 e. The van der Waals surface area contributed by atoms with Crippen LogP contribution >= 0.6 is 0 Å². The van der Waals surface area contributed by atoms with E-state index in [1.165, 1.54) is 6.92 Å². The SMILES string of the molecule is CC1(C(=O)O)CCCN1S(=O)(=O)c1ccc([N+](=O)[O-])cc1. The molecule has 0 aromatic heterocycles. The fraction of sp³-hybridized carbons (Fsp3) is 0.417. The Labute approximate surface area is 121 Å². The summed E-state index contributed by atoms with van der Waals surface area (Å²) < 4.78 is 26.0. The largest absolute Gasteiger partial charge is 0.480 e. The van der Waals surface area contributed by atoms with E-state index in [2.05, 4.69) is 0 Å². The molecule has 0 radical (unpaired) electrons. The van der Waals surface area contributed by atoms with Gasteiger partial charge < -0.3 is 5.11 Å². The van der Waals surface area contributed by atoms with Gasteiger partial charge in [0, 0.05) is 18.7 Å². The molecule has 2 rings (SSSR count). The highest BCUT2D eigenvalue weighted by atomic mass is 32.2. The van der Waals surface area contributed by atoms with Crippen LogP contribution in [-0.2, 0) is 14.8 Å². The fourth-order valence-corrected chi connectivity index (χ4v) is 4.21. The maximum Gasteiger partial charge on any atom is 0.324 e. The Morgan fingerprint density at radius 3 is 2.43 bits per heavy atom. The summed E-state index contributed by atoms with van der Waals surface area (Å²) in [5.74, 6) is -1.20. The fourth-order valence-electron chi connectivity index (χ4n) is 2.40. The van der Waals surface area contributed by atoms with Crippen LogP contribution in [0.1, 0.15) is 19.8 Å². The van der Waals surface area contributed by atoms with Crippen molar-refractivity contribution in [3.05, 3.63) is 34.4 Å². The molecule has 1 heterocycles. The van der Waals surface area contributed by atoms with Crippen molar-refractivity contribution in [2.24, 2.45) is 0 Å². The lowest BCUT2D eigenvalue weighted by Gasteiger charge is -2.30. The van der Waals surface area contributed by atoms with Crippen molar-refractivity contribution in [2.45, 2.75) is 30.2 Å². The summed E-state index contributed by atoms with van der Waals surface area (Å²) in [5, 5.41) is 19.9. The zero-order valence-electron chi connectivity index (χ0n) is 11.2. The molecule has 0 amide bonds. The average Bonchev–Trinajstić information content (AvgIpc) is 2.83. The molecular weight excluding hydrogens is 300 g/mol. The Kier molecular flexibility index (Phi) is 3.72. The third kappa shape index (κ3) is 2.49. The number of rotatable bonds is 4. The number of non-ortho nitro benzene ring substituents is 1. The molecule has 1 N–H and O–H groups in total. The number of carboxylic acids is 1. The maximum absolute atomic E-state index is 12.5. The first kappa shape index (κ1) is 15.4. The monoisotopic (exact) mass is 314 g/mol. The van der Waals surface area contributed by atoms with E-state index in [0.717, 1.165) is 28.6 Å². The van der Waals surface area contributed by atoms with E-state index in [9.17, 15) is 28.4 Å². The van der Waals surface area contributed by atoms with E-state index in [-0.39, 0.29) is 23.5 Å². The highest BCUT2D eigenvalue weighted by Crippen LogP contribution is 2.34. The van der Waals surface area contributed by atoms with Gasteiger partial charge in [-0.3, -0.25) is 14.9 Å². The first-order valence-electron chi connectivity index (χ1n) is 6.20. The van der Waals surface area contributed by atoms with E-state index in [1.54, 1.807) is 0 Å². The predicted octanol–water partition coefficient (Wildman–Crippen LogP) is 1.22. The second-order valence-electron chi connectivity index (χ2n) is 5.01. The van der Waals surface area contributed by atoms with Crippen molar-refractivity contribution in [1.29, 1.82) is 0 Å². The molecule has 1 aromatic rings. The van der Waals surface area contributed by atoms with Gasteiger partial charge in [-0.25, -0.2) is 8.42 Å². The molecule has 0 aliphatic carbocycles. The highest BCUT2D eigenvalue weighted by molar-refractivity contribution is 7.89. The van der Waals surface area contributed by atoms with Crippen molar-refractivity contribution in [1.82, 2.24) is 4.31 Å². The maximum atomic E-state index is 12.5. The van der Waals surface area contributed by atoms with Crippen molar-refractivity contribution in [2.75, 3.05) is 6.54 Å². The summed E-state index contributed by atoms with van der Waals surface area (Å²) in [6.07, 6.45) is 0.684. The molecule has 1 atom stereocenters. The van der Waals surface area contributed by atoms with E-state index in [1.807, 2.05) is 0 Å². The summed E-state index contributed by atoms with van der Waals surface area (Å²) >= 11 is 0. The van der Waals surface area contributed by atoms with Gasteiger partial charge in [0.1, 0.15) is 5.54 Å². The minimum Gasteiger partial charge on any atom is -0.480 e. The Morgan fingerprint density at radius 1 is 1.38 bits per heavy atom. The van der Waals surface area contributed by atoms with Crippen molar-refractivity contribution in [3.8, 4) is 0 Å². The van der Waals surface area contributed by atoms with E-state index in [0.29, 0.717) is 6.42 Å². The Morgan fingerprint density at radius 2 is 1.95 bits per heavy atom. The van der Waals surface area contributed by atoms with Crippen LogP contribution in [0.15, 0.2) is 29.2 Å². The molecule has 21 heavy (non-hydrogen) atoms. The summed E-state index contributed by atoms with van der Waals surface area (Å²) in [7, 11) is -4.00. The Hall–Kier alpha value is -2.00. The summed E-state index contributed by atoms with van der Waals surface area (Å²) in [4.78, 5) is 21.2. The number of aliphatic carboxylic acids is 1. The molecule has 0 saturated carbocycles. The molecule has 9 heteroatoms. The number of nitro benzene ring substituents is 1. The quantitative estimate of drug-likeness (QED) is 0.659. The number of nitro groups is 1. The average molecular weight is 314 g/mol. The van der Waals surface area contributed by atoms with Gasteiger partial charge in [0.05, 0.1) is 9.82 Å². The summed E-state index contributed by atoms with van der Waals surface area (Å²) in [6.45, 7) is 1.48. The molecule has 0 bridgehead atoms. The second-order valence-corrected chi connectivity index (χ2v) is 6.87. The first-order valence-corrected chi connectivity index (χ1v) is 7.64. The molecule has 1 aliphatic rings. The molecule has 1 aromatic carbocycles. The molecular formula is C12H14N2O6S. The van der Waals surface area contributed by atoms with Crippen LogP contribution in [0.5, 0.6) is 0 Å². The minimum atomic E-state index is -4.00. The topological polar surface area (TPSA) is 118 Å². The van der Waals surface area contributed by atoms with Crippen LogP contribution < -0.4 is 0 Å². The summed E-state index contributed by atoms with van der Waals surface area (Å²) in [6, 6.07) is 4.41. The predicted molar refractivity (Wildman–Crippen MR) is 72.3 cm³/mol. The summed E-state index contributed by atoms with van der Waals surface area (Å²) in [5.41, 5.74) is -1.71. The lowest BCUT2D eigenvalue weighted by molar-refractivity contribution is -0.384. The highest BCUT2D eigenvalue weighted by Gasteiger charge is 2.49. The van der Waals surface area contributed by atoms with Gasteiger partial charge in [-0.15, -0.1) is 0 Å². The van der Waals surface area contributed by atoms with Crippen LogP contribution in [0, 0.1) is 10.1 Å². The van der Waals surface area contributed by atoms with Gasteiger partial charge >= 0.3 is 5.97 Å². The molecule has 0 spiro atoms. The van der Waals surface area contributed by atoms with Crippen molar-refractivity contribution < 1.29 is 23.2 Å². The lowest BCUT2D eigenvalue weighted by Crippen LogP contribution is -2.50. The van der Waals surface area contributed by atoms with Gasteiger partial charge in [-0.1, -0.05) is 0 Å². The number of carboxylic acid groups (broad SMARTS) is 1. The Bertz CT molecular complexity index is 684. The molecule has 1 unspecified atom stereocenters. The van der Waals surface area contributed by atoms with Crippen LogP contribution in [0.2, 0.25) is 0 Å². The van der Waals surface area contributed by atoms with Crippen LogP contribution in [0.25, 0.3) is 0 Å². The van der Waals surface area contributed by atoms with E-state index < -0.39 is 26.5 Å². The van der Waals surface area contributed by atoms with Gasteiger partial charge in [0.15, 0.2) is 0 Å². The van der Waals surface area contributed by atoms with Gasteiger partial charge in [0.2, 0.25) is 10.0 Å².